The Morgan fingerprint density at radius 1 is 1.30 bits per heavy atom. The number of thiophene rings is 1. The van der Waals surface area contributed by atoms with Crippen molar-refractivity contribution in [3.8, 4) is 0 Å². The smallest absolute Gasteiger partial charge is 0.191 e. The van der Waals surface area contributed by atoms with E-state index in [4.69, 9.17) is 4.42 Å². The number of likely N-dealkylation sites (tertiary alicyclic amines) is 1. The van der Waals surface area contributed by atoms with Gasteiger partial charge in [0.25, 0.3) is 0 Å². The van der Waals surface area contributed by atoms with Gasteiger partial charge in [-0.15, -0.1) is 35.3 Å². The Balaban J connectivity index is 0.00000261. The maximum atomic E-state index is 5.38. The number of hydrogen-bond donors (Lipinski definition) is 2. The molecule has 0 bridgehead atoms. The van der Waals surface area contributed by atoms with E-state index in [0.29, 0.717) is 6.04 Å². The van der Waals surface area contributed by atoms with E-state index in [2.05, 4.69) is 45.0 Å². The molecule has 0 aromatic carbocycles. The van der Waals surface area contributed by atoms with Crippen molar-refractivity contribution in [2.45, 2.75) is 32.2 Å². The molecule has 1 aliphatic heterocycles. The zero-order chi connectivity index (χ0) is 18.2. The second kappa shape index (κ2) is 11.7. The maximum Gasteiger partial charge on any atom is 0.191 e. The highest BCUT2D eigenvalue weighted by molar-refractivity contribution is 14.0. The van der Waals surface area contributed by atoms with Crippen LogP contribution >= 0.6 is 35.3 Å². The van der Waals surface area contributed by atoms with E-state index in [1.54, 1.807) is 6.26 Å². The molecule has 7 heteroatoms. The minimum atomic E-state index is 0. The summed E-state index contributed by atoms with van der Waals surface area (Å²) in [4.78, 5) is 8.41. The molecule has 2 aromatic heterocycles. The van der Waals surface area contributed by atoms with Gasteiger partial charge in [-0.3, -0.25) is 9.89 Å². The molecular weight excluding hydrogens is 471 g/mol. The van der Waals surface area contributed by atoms with Crippen LogP contribution < -0.4 is 10.6 Å². The van der Waals surface area contributed by atoms with Gasteiger partial charge in [-0.1, -0.05) is 13.0 Å². The monoisotopic (exact) mass is 502 g/mol. The molecule has 27 heavy (non-hydrogen) atoms. The molecule has 2 aromatic rings. The van der Waals surface area contributed by atoms with E-state index in [-0.39, 0.29) is 24.0 Å². The minimum absolute atomic E-state index is 0. The van der Waals surface area contributed by atoms with Gasteiger partial charge in [0, 0.05) is 31.4 Å². The molecule has 1 aliphatic rings. The second-order valence-electron chi connectivity index (χ2n) is 6.96. The first-order chi connectivity index (χ1) is 12.8. The Bertz CT molecular complexity index is 652. The van der Waals surface area contributed by atoms with E-state index in [1.165, 1.54) is 30.8 Å². The lowest BCUT2D eigenvalue weighted by molar-refractivity contribution is 0.140. The Morgan fingerprint density at radius 2 is 2.11 bits per heavy atom. The van der Waals surface area contributed by atoms with Crippen molar-refractivity contribution in [3.05, 3.63) is 46.5 Å². The van der Waals surface area contributed by atoms with Gasteiger partial charge in [-0.25, -0.2) is 0 Å². The highest BCUT2D eigenvalue weighted by atomic mass is 127. The summed E-state index contributed by atoms with van der Waals surface area (Å²) in [6.07, 6.45) is 5.15. The SMILES string of the molecule is CN=C(NCCc1ccco1)NCC(c1cccs1)N1CCC(C)CC1.I. The first-order valence-electron chi connectivity index (χ1n) is 9.50. The number of rotatable bonds is 7. The lowest BCUT2D eigenvalue weighted by Gasteiger charge is -2.36. The third kappa shape index (κ3) is 6.80. The van der Waals surface area contributed by atoms with Crippen LogP contribution in [-0.2, 0) is 6.42 Å². The number of piperidine rings is 1. The van der Waals surface area contributed by atoms with Gasteiger partial charge in [0.15, 0.2) is 5.96 Å². The third-order valence-corrected chi connectivity index (χ3v) is 6.03. The van der Waals surface area contributed by atoms with Gasteiger partial charge in [0.1, 0.15) is 5.76 Å². The van der Waals surface area contributed by atoms with Gasteiger partial charge in [-0.2, -0.15) is 0 Å². The van der Waals surface area contributed by atoms with Crippen LogP contribution in [0.5, 0.6) is 0 Å². The molecule has 2 N–H and O–H groups in total. The van der Waals surface area contributed by atoms with Crippen molar-refractivity contribution in [1.82, 2.24) is 15.5 Å². The molecule has 5 nitrogen and oxygen atoms in total. The van der Waals surface area contributed by atoms with E-state index in [9.17, 15) is 0 Å². The van der Waals surface area contributed by atoms with Crippen LogP contribution in [0.25, 0.3) is 0 Å². The van der Waals surface area contributed by atoms with E-state index < -0.39 is 0 Å². The van der Waals surface area contributed by atoms with Gasteiger partial charge in [-0.05, 0) is 55.4 Å². The Labute approximate surface area is 183 Å². The van der Waals surface area contributed by atoms with Gasteiger partial charge in [0.05, 0.1) is 12.3 Å². The fraction of sp³-hybridized carbons (Fsp3) is 0.550. The van der Waals surface area contributed by atoms with Crippen LogP contribution in [0.3, 0.4) is 0 Å². The molecule has 0 amide bonds. The van der Waals surface area contributed by atoms with Crippen LogP contribution in [0, 0.1) is 5.92 Å². The number of nitrogens with one attached hydrogen (secondary N) is 2. The number of furan rings is 1. The van der Waals surface area contributed by atoms with Crippen LogP contribution in [0.1, 0.15) is 36.4 Å². The number of guanidine groups is 1. The van der Waals surface area contributed by atoms with E-state index >= 15 is 0 Å². The first kappa shape index (κ1) is 22.2. The van der Waals surface area contributed by atoms with Crippen molar-refractivity contribution in [2.75, 3.05) is 33.2 Å². The molecule has 1 fully saturated rings. The van der Waals surface area contributed by atoms with Crippen molar-refractivity contribution < 1.29 is 4.42 Å². The summed E-state index contributed by atoms with van der Waals surface area (Å²) in [7, 11) is 1.82. The van der Waals surface area contributed by atoms with E-state index in [0.717, 1.165) is 37.1 Å². The largest absolute Gasteiger partial charge is 0.469 e. The maximum absolute atomic E-state index is 5.38. The average molecular weight is 502 g/mol. The Hall–Kier alpha value is -1.06. The average Bonchev–Trinajstić information content (AvgIpc) is 3.36. The minimum Gasteiger partial charge on any atom is -0.469 e. The molecule has 3 rings (SSSR count). The van der Waals surface area contributed by atoms with E-state index in [1.807, 2.05) is 30.5 Å². The summed E-state index contributed by atoms with van der Waals surface area (Å²) < 4.78 is 5.38. The summed E-state index contributed by atoms with van der Waals surface area (Å²) in [5.74, 6) is 2.69. The lowest BCUT2D eigenvalue weighted by atomic mass is 9.97. The Kier molecular flexibility index (Phi) is 9.64. The van der Waals surface area contributed by atoms with Crippen molar-refractivity contribution >= 4 is 41.3 Å². The summed E-state index contributed by atoms with van der Waals surface area (Å²) in [6, 6.07) is 8.74. The molecule has 3 heterocycles. The lowest BCUT2D eigenvalue weighted by Crippen LogP contribution is -2.45. The molecule has 0 aliphatic carbocycles. The van der Waals surface area contributed by atoms with Crippen LogP contribution in [-0.4, -0.2) is 44.1 Å². The van der Waals surface area contributed by atoms with Crippen LogP contribution in [0.2, 0.25) is 0 Å². The summed E-state index contributed by atoms with van der Waals surface area (Å²) in [6.45, 7) is 6.39. The molecule has 1 unspecified atom stereocenters. The predicted molar refractivity (Wildman–Crippen MR) is 124 cm³/mol. The molecular formula is C20H31IN4OS. The third-order valence-electron chi connectivity index (χ3n) is 5.06. The molecule has 1 saturated heterocycles. The van der Waals surface area contributed by atoms with Crippen LogP contribution in [0.4, 0.5) is 0 Å². The zero-order valence-electron chi connectivity index (χ0n) is 16.2. The Morgan fingerprint density at radius 3 is 2.74 bits per heavy atom. The van der Waals surface area contributed by atoms with Gasteiger partial charge >= 0.3 is 0 Å². The second-order valence-corrected chi connectivity index (χ2v) is 7.94. The van der Waals surface area contributed by atoms with Crippen molar-refractivity contribution in [3.63, 3.8) is 0 Å². The number of aliphatic imine (C=N–C) groups is 1. The predicted octanol–water partition coefficient (Wildman–Crippen LogP) is 4.14. The summed E-state index contributed by atoms with van der Waals surface area (Å²) in [5, 5.41) is 9.07. The molecule has 0 saturated carbocycles. The quantitative estimate of drug-likeness (QED) is 0.340. The highest BCUT2D eigenvalue weighted by Crippen LogP contribution is 2.28. The molecule has 1 atom stereocenters. The summed E-state index contributed by atoms with van der Waals surface area (Å²) in [5.41, 5.74) is 0. The zero-order valence-corrected chi connectivity index (χ0v) is 19.3. The fourth-order valence-electron chi connectivity index (χ4n) is 3.40. The standard InChI is InChI=1S/C20H30N4OS.HI/c1-16-8-11-24(12-9-16)18(19-6-4-14-26-19)15-23-20(21-2)22-10-7-17-5-3-13-25-17;/h3-6,13-14,16,18H,7-12,15H2,1-2H3,(H2,21,22,23);1H. The van der Waals surface area contributed by atoms with Crippen molar-refractivity contribution in [1.29, 1.82) is 0 Å². The molecule has 0 spiro atoms. The first-order valence-corrected chi connectivity index (χ1v) is 10.4. The number of hydrogen-bond acceptors (Lipinski definition) is 4. The molecule has 0 radical (unpaired) electrons. The number of nitrogens with zero attached hydrogens (tertiary/aromatic N) is 2. The molecule has 150 valence electrons. The normalized spacial score (nSPS) is 17.3. The van der Waals surface area contributed by atoms with Gasteiger partial charge < -0.3 is 15.1 Å². The van der Waals surface area contributed by atoms with Gasteiger partial charge in [0.2, 0.25) is 0 Å². The number of halogens is 1. The topological polar surface area (TPSA) is 52.8 Å². The fourth-order valence-corrected chi connectivity index (χ4v) is 4.26. The highest BCUT2D eigenvalue weighted by Gasteiger charge is 2.25. The van der Waals surface area contributed by atoms with Crippen LogP contribution in [0.15, 0.2) is 45.3 Å². The van der Waals surface area contributed by atoms with Crippen molar-refractivity contribution in [2.24, 2.45) is 10.9 Å². The summed E-state index contributed by atoms with van der Waals surface area (Å²) >= 11 is 1.85.